The number of amides is 1. The maximum atomic E-state index is 12.5. The molecule has 0 aromatic heterocycles. The molecule has 0 aromatic rings. The predicted octanol–water partition coefficient (Wildman–Crippen LogP) is 2.03. The van der Waals surface area contributed by atoms with Crippen molar-refractivity contribution in [3.8, 4) is 0 Å². The summed E-state index contributed by atoms with van der Waals surface area (Å²) >= 11 is 0. The van der Waals surface area contributed by atoms with Crippen LogP contribution in [-0.2, 0) is 4.79 Å². The van der Waals surface area contributed by atoms with E-state index in [0.717, 1.165) is 13.1 Å². The smallest absolute Gasteiger partial charge is 0.236 e. The fourth-order valence-electron chi connectivity index (χ4n) is 4.13. The lowest BCUT2D eigenvalue weighted by Gasteiger charge is -2.33. The highest BCUT2D eigenvalue weighted by molar-refractivity contribution is 5.85. The Morgan fingerprint density at radius 1 is 1.10 bits per heavy atom. The van der Waals surface area contributed by atoms with Gasteiger partial charge in [-0.3, -0.25) is 9.69 Å². The molecule has 1 saturated carbocycles. The van der Waals surface area contributed by atoms with Gasteiger partial charge in [0.2, 0.25) is 5.91 Å². The molecule has 3 fully saturated rings. The Morgan fingerprint density at radius 2 is 1.81 bits per heavy atom. The number of fused-ring (bicyclic) bond motifs is 2. The third kappa shape index (κ3) is 4.33. The van der Waals surface area contributed by atoms with Gasteiger partial charge in [-0.25, -0.2) is 0 Å². The first-order chi connectivity index (χ1) is 9.72. The number of halogens is 1. The van der Waals surface area contributed by atoms with Gasteiger partial charge in [0.05, 0.1) is 6.54 Å². The first-order valence-corrected chi connectivity index (χ1v) is 8.46. The van der Waals surface area contributed by atoms with Crippen LogP contribution in [-0.4, -0.2) is 60.5 Å². The quantitative estimate of drug-likeness (QED) is 0.865. The van der Waals surface area contributed by atoms with Crippen LogP contribution in [0.25, 0.3) is 0 Å². The van der Waals surface area contributed by atoms with E-state index in [1.165, 1.54) is 51.4 Å². The van der Waals surface area contributed by atoms with E-state index in [-0.39, 0.29) is 12.4 Å². The monoisotopic (exact) mass is 315 g/mol. The van der Waals surface area contributed by atoms with Crippen molar-refractivity contribution in [2.24, 2.45) is 0 Å². The lowest BCUT2D eigenvalue weighted by molar-refractivity contribution is -0.133. The van der Waals surface area contributed by atoms with Crippen molar-refractivity contribution in [3.63, 3.8) is 0 Å². The number of nitrogens with zero attached hydrogens (tertiary/aromatic N) is 2. The molecule has 122 valence electrons. The van der Waals surface area contributed by atoms with E-state index in [1.807, 2.05) is 11.9 Å². The first-order valence-electron chi connectivity index (χ1n) is 8.46. The summed E-state index contributed by atoms with van der Waals surface area (Å²) in [6.45, 7) is 2.76. The number of likely N-dealkylation sites (N-methyl/N-ethyl adjacent to an activating group) is 1. The van der Waals surface area contributed by atoms with Gasteiger partial charge in [-0.05, 0) is 32.1 Å². The molecule has 2 unspecified atom stereocenters. The summed E-state index contributed by atoms with van der Waals surface area (Å²) in [6, 6.07) is 1.82. The van der Waals surface area contributed by atoms with E-state index in [0.29, 0.717) is 30.6 Å². The number of carbonyl (C=O) groups is 1. The van der Waals surface area contributed by atoms with Gasteiger partial charge in [0, 0.05) is 38.3 Å². The molecule has 1 amide bonds. The first kappa shape index (κ1) is 17.0. The topological polar surface area (TPSA) is 35.6 Å². The van der Waals surface area contributed by atoms with Crippen LogP contribution in [0.5, 0.6) is 0 Å². The molecule has 0 radical (unpaired) electrons. The summed E-state index contributed by atoms with van der Waals surface area (Å²) in [5.74, 6) is 0.328. The van der Waals surface area contributed by atoms with Crippen LogP contribution in [0.3, 0.4) is 0 Å². The largest absolute Gasteiger partial charge is 0.342 e. The molecule has 2 heterocycles. The molecular weight excluding hydrogens is 286 g/mol. The minimum atomic E-state index is 0. The van der Waals surface area contributed by atoms with E-state index < -0.39 is 0 Å². The van der Waals surface area contributed by atoms with E-state index >= 15 is 0 Å². The van der Waals surface area contributed by atoms with Crippen molar-refractivity contribution >= 4 is 18.3 Å². The van der Waals surface area contributed by atoms with Crippen LogP contribution >= 0.6 is 12.4 Å². The van der Waals surface area contributed by atoms with E-state index in [1.54, 1.807) is 0 Å². The molecule has 3 rings (SSSR count). The highest BCUT2D eigenvalue weighted by atomic mass is 35.5. The van der Waals surface area contributed by atoms with E-state index in [2.05, 4.69) is 10.2 Å². The third-order valence-electron chi connectivity index (χ3n) is 5.48. The van der Waals surface area contributed by atoms with E-state index in [9.17, 15) is 4.79 Å². The van der Waals surface area contributed by atoms with Gasteiger partial charge in [-0.1, -0.05) is 19.3 Å². The SMILES string of the molecule is CN(C(=O)CN1CCC2CCC(C1)N2)C1CCCCC1.Cl. The van der Waals surface area contributed by atoms with Crippen molar-refractivity contribution < 1.29 is 4.79 Å². The zero-order valence-electron chi connectivity index (χ0n) is 13.2. The second kappa shape index (κ2) is 7.80. The summed E-state index contributed by atoms with van der Waals surface area (Å²) in [5.41, 5.74) is 0. The van der Waals surface area contributed by atoms with Crippen LogP contribution in [0.4, 0.5) is 0 Å². The lowest BCUT2D eigenvalue weighted by atomic mass is 9.94. The Labute approximate surface area is 135 Å². The van der Waals surface area contributed by atoms with Crippen LogP contribution in [0.15, 0.2) is 0 Å². The molecule has 2 atom stereocenters. The fourth-order valence-corrected chi connectivity index (χ4v) is 4.13. The summed E-state index contributed by atoms with van der Waals surface area (Å²) in [7, 11) is 2.01. The Kier molecular flexibility index (Phi) is 6.33. The second-order valence-electron chi connectivity index (χ2n) is 6.96. The maximum absolute atomic E-state index is 12.5. The Balaban J connectivity index is 0.00000161. The second-order valence-corrected chi connectivity index (χ2v) is 6.96. The highest BCUT2D eigenvalue weighted by Crippen LogP contribution is 2.23. The molecule has 21 heavy (non-hydrogen) atoms. The lowest BCUT2D eigenvalue weighted by Crippen LogP contribution is -2.46. The Hall–Kier alpha value is -0.320. The molecule has 1 N–H and O–H groups in total. The molecule has 1 aliphatic carbocycles. The molecule has 5 heteroatoms. The van der Waals surface area contributed by atoms with Crippen molar-refractivity contribution in [1.29, 1.82) is 0 Å². The standard InChI is InChI=1S/C16H29N3O.ClH/c1-18(15-5-3-2-4-6-15)16(20)12-19-10-9-13-7-8-14(11-19)17-13;/h13-15,17H,2-12H2,1H3;1H. The summed E-state index contributed by atoms with van der Waals surface area (Å²) in [5, 5.41) is 3.68. The zero-order valence-corrected chi connectivity index (χ0v) is 14.0. The predicted molar refractivity (Wildman–Crippen MR) is 87.9 cm³/mol. The summed E-state index contributed by atoms with van der Waals surface area (Å²) in [6.07, 6.45) is 10.2. The van der Waals surface area contributed by atoms with Gasteiger partial charge < -0.3 is 10.2 Å². The van der Waals surface area contributed by atoms with Gasteiger partial charge in [0.25, 0.3) is 0 Å². The van der Waals surface area contributed by atoms with Gasteiger partial charge in [0.15, 0.2) is 0 Å². The third-order valence-corrected chi connectivity index (χ3v) is 5.48. The zero-order chi connectivity index (χ0) is 13.9. The molecule has 0 aromatic carbocycles. The molecule has 4 nitrogen and oxygen atoms in total. The average Bonchev–Trinajstić information content (AvgIpc) is 2.81. The minimum absolute atomic E-state index is 0. The van der Waals surface area contributed by atoms with Crippen molar-refractivity contribution in [1.82, 2.24) is 15.1 Å². The molecule has 0 spiro atoms. The number of likely N-dealkylation sites (tertiary alicyclic amines) is 1. The number of rotatable bonds is 3. The van der Waals surface area contributed by atoms with Gasteiger partial charge in [-0.2, -0.15) is 0 Å². The van der Waals surface area contributed by atoms with Crippen LogP contribution in [0.1, 0.15) is 51.4 Å². The molecular formula is C16H30ClN3O. The maximum Gasteiger partial charge on any atom is 0.236 e. The summed E-state index contributed by atoms with van der Waals surface area (Å²) < 4.78 is 0. The van der Waals surface area contributed by atoms with Crippen molar-refractivity contribution in [2.75, 3.05) is 26.7 Å². The highest BCUT2D eigenvalue weighted by Gasteiger charge is 2.31. The van der Waals surface area contributed by atoms with Crippen LogP contribution in [0.2, 0.25) is 0 Å². The molecule has 2 saturated heterocycles. The van der Waals surface area contributed by atoms with Crippen molar-refractivity contribution in [3.05, 3.63) is 0 Å². The Bertz CT molecular complexity index is 346. The minimum Gasteiger partial charge on any atom is -0.342 e. The summed E-state index contributed by atoms with van der Waals surface area (Å²) in [4.78, 5) is 16.9. The Morgan fingerprint density at radius 3 is 2.57 bits per heavy atom. The van der Waals surface area contributed by atoms with Gasteiger partial charge >= 0.3 is 0 Å². The van der Waals surface area contributed by atoms with Crippen LogP contribution in [0, 0.1) is 0 Å². The van der Waals surface area contributed by atoms with Crippen LogP contribution < -0.4 is 5.32 Å². The fraction of sp³-hybridized carbons (Fsp3) is 0.938. The van der Waals surface area contributed by atoms with E-state index in [4.69, 9.17) is 0 Å². The normalized spacial score (nSPS) is 30.5. The number of hydrogen-bond donors (Lipinski definition) is 1. The number of hydrogen-bond acceptors (Lipinski definition) is 3. The van der Waals surface area contributed by atoms with Crippen molar-refractivity contribution in [2.45, 2.75) is 69.5 Å². The average molecular weight is 316 g/mol. The molecule has 2 aliphatic heterocycles. The number of carbonyl (C=O) groups excluding carboxylic acids is 1. The van der Waals surface area contributed by atoms with Gasteiger partial charge in [-0.15, -0.1) is 12.4 Å². The number of nitrogens with one attached hydrogen (secondary N) is 1. The van der Waals surface area contributed by atoms with Gasteiger partial charge in [0.1, 0.15) is 0 Å². The molecule has 2 bridgehead atoms. The molecule has 3 aliphatic rings.